The second-order valence-electron chi connectivity index (χ2n) is 11.3. The number of carbonyl (C=O) groups is 3. The molecule has 3 aliphatic carbocycles. The topological polar surface area (TPSA) is 177 Å². The summed E-state index contributed by atoms with van der Waals surface area (Å²) in [5.41, 5.74) is 0.875. The first kappa shape index (κ1) is 28.5. The van der Waals surface area contributed by atoms with Crippen LogP contribution < -0.4 is 11.1 Å². The molecule has 0 spiro atoms. The largest absolute Gasteiger partial charge is 0.510 e. The van der Waals surface area contributed by atoms with Crippen LogP contribution in [0, 0.1) is 17.2 Å². The number of nitrogens with two attached hydrogens (primary N) is 1. The third kappa shape index (κ3) is 4.36. The first-order chi connectivity index (χ1) is 18.1. The van der Waals surface area contributed by atoms with E-state index >= 15 is 4.39 Å². The second kappa shape index (κ2) is 9.61. The Morgan fingerprint density at radius 1 is 1.21 bits per heavy atom. The number of halogens is 1. The molecule has 4 atom stereocenters. The number of aromatic hydroxyl groups is 1. The fourth-order valence-corrected chi connectivity index (χ4v) is 6.36. The molecule has 1 saturated carbocycles. The van der Waals surface area contributed by atoms with Gasteiger partial charge in [0.25, 0.3) is 0 Å². The predicted octanol–water partition coefficient (Wildman–Crippen LogP) is 1.20. The molecule has 39 heavy (non-hydrogen) atoms. The van der Waals surface area contributed by atoms with Crippen molar-refractivity contribution in [3.8, 4) is 5.75 Å². The SMILES string of the molecule is CCN(C)CC(=O)Nc1cc(F)c2c(c1O)C(O)=C1C(=O)[C@]3(O)CC(C(N)=O)=C(O)[C@@H](N(C)C)[C@@H]3C[C@]1(C)C2. The average molecular weight is 547 g/mol. The van der Waals surface area contributed by atoms with Crippen LogP contribution in [-0.2, 0) is 20.8 Å². The molecule has 3 aliphatic rings. The lowest BCUT2D eigenvalue weighted by atomic mass is 9.52. The lowest BCUT2D eigenvalue weighted by Crippen LogP contribution is -2.64. The van der Waals surface area contributed by atoms with Crippen molar-refractivity contribution < 1.29 is 39.2 Å². The van der Waals surface area contributed by atoms with Gasteiger partial charge in [0, 0.05) is 35.0 Å². The molecule has 1 aromatic rings. The highest BCUT2D eigenvalue weighted by molar-refractivity contribution is 6.11. The molecule has 0 aromatic heterocycles. The van der Waals surface area contributed by atoms with Crippen molar-refractivity contribution in [2.45, 2.75) is 44.8 Å². The van der Waals surface area contributed by atoms with Gasteiger partial charge in [-0.05, 0) is 40.5 Å². The Labute approximate surface area is 225 Å². The second-order valence-corrected chi connectivity index (χ2v) is 11.3. The lowest BCUT2D eigenvalue weighted by molar-refractivity contribution is -0.154. The van der Waals surface area contributed by atoms with E-state index < -0.39 is 64.3 Å². The van der Waals surface area contributed by atoms with Crippen molar-refractivity contribution in [2.75, 3.05) is 39.5 Å². The molecule has 0 radical (unpaired) electrons. The summed E-state index contributed by atoms with van der Waals surface area (Å²) >= 11 is 0. The molecule has 1 aromatic carbocycles. The Morgan fingerprint density at radius 2 is 1.85 bits per heavy atom. The van der Waals surface area contributed by atoms with Gasteiger partial charge in [-0.25, -0.2) is 4.39 Å². The normalized spacial score (nSPS) is 28.4. The van der Waals surface area contributed by atoms with Crippen molar-refractivity contribution >= 4 is 29.0 Å². The van der Waals surface area contributed by atoms with Gasteiger partial charge in [0.05, 0.1) is 29.4 Å². The highest BCUT2D eigenvalue weighted by Crippen LogP contribution is 2.58. The Hall–Kier alpha value is -3.48. The molecule has 11 nitrogen and oxygen atoms in total. The summed E-state index contributed by atoms with van der Waals surface area (Å²) in [7, 11) is 4.94. The smallest absolute Gasteiger partial charge is 0.248 e. The molecule has 0 saturated heterocycles. The summed E-state index contributed by atoms with van der Waals surface area (Å²) < 4.78 is 15.5. The Bertz CT molecular complexity index is 1340. The summed E-state index contributed by atoms with van der Waals surface area (Å²) in [6, 6.07) is 0.0200. The Kier molecular flexibility index (Phi) is 7.03. The molecule has 7 N–H and O–H groups in total. The first-order valence-corrected chi connectivity index (χ1v) is 12.7. The lowest BCUT2D eigenvalue weighted by Gasteiger charge is -2.54. The third-order valence-corrected chi connectivity index (χ3v) is 8.40. The van der Waals surface area contributed by atoms with E-state index in [4.69, 9.17) is 5.73 Å². The van der Waals surface area contributed by atoms with Crippen LogP contribution in [0.25, 0.3) is 5.76 Å². The number of primary amides is 1. The van der Waals surface area contributed by atoms with Crippen LogP contribution in [0.3, 0.4) is 0 Å². The quantitative estimate of drug-likeness (QED) is 0.286. The maximum atomic E-state index is 15.5. The van der Waals surface area contributed by atoms with Gasteiger partial charge in [-0.1, -0.05) is 13.8 Å². The summed E-state index contributed by atoms with van der Waals surface area (Å²) in [5.74, 6) is -5.80. The first-order valence-electron chi connectivity index (χ1n) is 12.7. The zero-order valence-electron chi connectivity index (χ0n) is 22.6. The number of phenols is 1. The number of hydrogen-bond acceptors (Lipinski definition) is 9. The van der Waals surface area contributed by atoms with Crippen LogP contribution in [0.1, 0.15) is 37.8 Å². The molecule has 0 unspecified atom stereocenters. The maximum absolute atomic E-state index is 15.5. The summed E-state index contributed by atoms with van der Waals surface area (Å²) in [4.78, 5) is 41.8. The van der Waals surface area contributed by atoms with Gasteiger partial charge in [-0.3, -0.25) is 24.2 Å². The van der Waals surface area contributed by atoms with Crippen LogP contribution in [0.2, 0.25) is 0 Å². The van der Waals surface area contributed by atoms with Crippen molar-refractivity contribution in [3.05, 3.63) is 39.9 Å². The number of Topliss-reactive ketones (excluding diaryl/α,β-unsaturated/α-hetero) is 1. The molecule has 0 heterocycles. The number of carbonyl (C=O) groups excluding carboxylic acids is 3. The molecule has 1 fully saturated rings. The number of benzene rings is 1. The van der Waals surface area contributed by atoms with Crippen molar-refractivity contribution in [3.63, 3.8) is 0 Å². The van der Waals surface area contributed by atoms with E-state index in [1.807, 2.05) is 6.92 Å². The number of hydrogen-bond donors (Lipinski definition) is 6. The van der Waals surface area contributed by atoms with Gasteiger partial charge in [-0.15, -0.1) is 0 Å². The van der Waals surface area contributed by atoms with Gasteiger partial charge in [0.1, 0.15) is 22.9 Å². The molecular formula is C27H35FN4O7. The number of aliphatic hydroxyl groups is 3. The Balaban J connectivity index is 1.86. The minimum atomic E-state index is -2.21. The Morgan fingerprint density at radius 3 is 2.41 bits per heavy atom. The predicted molar refractivity (Wildman–Crippen MR) is 140 cm³/mol. The molecule has 4 rings (SSSR count). The molecule has 0 aliphatic heterocycles. The van der Waals surface area contributed by atoms with E-state index in [2.05, 4.69) is 5.32 Å². The van der Waals surface area contributed by atoms with Crippen LogP contribution in [0.5, 0.6) is 5.75 Å². The fourth-order valence-electron chi connectivity index (χ4n) is 6.36. The zero-order chi connectivity index (χ0) is 29.2. The number of likely N-dealkylation sites (N-methyl/N-ethyl adjacent to an activating group) is 2. The van der Waals surface area contributed by atoms with Crippen LogP contribution in [0.15, 0.2) is 23.0 Å². The fraction of sp³-hybridized carbons (Fsp3) is 0.519. The molecule has 212 valence electrons. The monoisotopic (exact) mass is 546 g/mol. The number of nitrogens with zero attached hydrogens (tertiary/aromatic N) is 2. The summed E-state index contributed by atoms with van der Waals surface area (Å²) in [6.07, 6.45) is -0.641. The van der Waals surface area contributed by atoms with Gasteiger partial charge in [0.2, 0.25) is 11.8 Å². The van der Waals surface area contributed by atoms with Crippen molar-refractivity contribution in [1.82, 2.24) is 9.80 Å². The van der Waals surface area contributed by atoms with Crippen LogP contribution in [0.4, 0.5) is 10.1 Å². The van der Waals surface area contributed by atoms with E-state index in [0.29, 0.717) is 6.54 Å². The third-order valence-electron chi connectivity index (χ3n) is 8.40. The average Bonchev–Trinajstić information content (AvgIpc) is 2.82. The molecular weight excluding hydrogens is 511 g/mol. The van der Waals surface area contributed by atoms with Gasteiger partial charge >= 0.3 is 0 Å². The zero-order valence-corrected chi connectivity index (χ0v) is 22.6. The number of ketones is 1. The number of fused-ring (bicyclic) bond motifs is 3. The van der Waals surface area contributed by atoms with E-state index in [1.165, 1.54) is 0 Å². The summed E-state index contributed by atoms with van der Waals surface area (Å²) in [6.45, 7) is 4.04. The van der Waals surface area contributed by atoms with Gasteiger partial charge in [-0.2, -0.15) is 0 Å². The number of anilines is 1. The number of phenolic OH excluding ortho intramolecular Hbond substituents is 1. The van der Waals surface area contributed by atoms with Crippen LogP contribution in [-0.4, -0.2) is 93.7 Å². The standard InChI is InChI=1S/C27H35FN4O7/c1-6-32(5)11-17(33)30-16-7-15(28)12-8-26(2)10-14-20(31(3)4)21(34)13(25(29)38)9-27(14,39)24(37)19(26)23(36)18(12)22(16)35/h7,14,20,34-36,39H,6,8-11H2,1-5H3,(H2,29,38)(H,30,33)/t14-,20-,26-,27-/m0/s1. The number of nitrogens with one attached hydrogen (secondary N) is 1. The molecule has 2 amide bonds. The number of rotatable bonds is 6. The maximum Gasteiger partial charge on any atom is 0.248 e. The van der Waals surface area contributed by atoms with Gasteiger partial charge in [0.15, 0.2) is 11.5 Å². The molecule has 12 heteroatoms. The summed E-state index contributed by atoms with van der Waals surface area (Å²) in [5, 5.41) is 47.5. The van der Waals surface area contributed by atoms with Crippen molar-refractivity contribution in [2.24, 2.45) is 17.1 Å². The van der Waals surface area contributed by atoms with E-state index in [-0.39, 0.29) is 53.1 Å². The highest BCUT2D eigenvalue weighted by Gasteiger charge is 2.63. The minimum absolute atomic E-state index is 0.0255. The number of aliphatic hydroxyl groups excluding tert-OH is 2. The van der Waals surface area contributed by atoms with E-state index in [0.717, 1.165) is 6.07 Å². The van der Waals surface area contributed by atoms with Crippen molar-refractivity contribution in [1.29, 1.82) is 0 Å². The minimum Gasteiger partial charge on any atom is -0.510 e. The number of amides is 2. The highest BCUT2D eigenvalue weighted by atomic mass is 19.1. The van der Waals surface area contributed by atoms with E-state index in [9.17, 15) is 34.8 Å². The van der Waals surface area contributed by atoms with E-state index in [1.54, 1.807) is 37.9 Å². The van der Waals surface area contributed by atoms with Crippen LogP contribution >= 0.6 is 0 Å². The van der Waals surface area contributed by atoms with Gasteiger partial charge < -0.3 is 31.5 Å². The molecule has 0 bridgehead atoms.